The molecule has 0 saturated carbocycles. The summed E-state index contributed by atoms with van der Waals surface area (Å²) in [5, 5.41) is 0. The second-order valence-corrected chi connectivity index (χ2v) is 7.54. The van der Waals surface area contributed by atoms with E-state index in [-0.39, 0.29) is 0 Å². The van der Waals surface area contributed by atoms with Crippen molar-refractivity contribution in [1.29, 1.82) is 0 Å². The predicted molar refractivity (Wildman–Crippen MR) is 126 cm³/mol. The van der Waals surface area contributed by atoms with Crippen LogP contribution in [0.1, 0.15) is 23.6 Å². The molecule has 4 nitrogen and oxygen atoms in total. The zero-order valence-electron chi connectivity index (χ0n) is 17.5. The summed E-state index contributed by atoms with van der Waals surface area (Å²) in [5.74, 6) is 0. The lowest BCUT2D eigenvalue weighted by molar-refractivity contribution is 0.564. The smallest absolute Gasteiger partial charge is 0.211 e. The van der Waals surface area contributed by atoms with Crippen molar-refractivity contribution in [3.8, 4) is 11.1 Å². The molecule has 0 saturated heterocycles. The van der Waals surface area contributed by atoms with Crippen LogP contribution >= 0.6 is 0 Å². The lowest BCUT2D eigenvalue weighted by Gasteiger charge is -2.33. The summed E-state index contributed by atoms with van der Waals surface area (Å²) in [6, 6.07) is 33.5. The Hall–Kier alpha value is -4.36. The maximum absolute atomic E-state index is 11.2. The molecule has 4 aromatic carbocycles. The highest BCUT2D eigenvalue weighted by molar-refractivity contribution is 5.73. The summed E-state index contributed by atoms with van der Waals surface area (Å²) in [6.45, 7) is 2.14. The fourth-order valence-electron chi connectivity index (χ4n) is 4.06. The van der Waals surface area contributed by atoms with Gasteiger partial charge in [-0.1, -0.05) is 78.9 Å². The Bertz CT molecular complexity index is 1280. The molecule has 0 atom stereocenters. The van der Waals surface area contributed by atoms with Crippen LogP contribution in [0.25, 0.3) is 11.1 Å². The zero-order valence-corrected chi connectivity index (χ0v) is 17.5. The molecule has 4 rings (SSSR count). The van der Waals surface area contributed by atoms with E-state index < -0.39 is 5.41 Å². The highest BCUT2D eigenvalue weighted by Crippen LogP contribution is 2.44. The highest BCUT2D eigenvalue weighted by Gasteiger charge is 2.33. The first-order chi connectivity index (χ1) is 15.7. The van der Waals surface area contributed by atoms with E-state index in [1.807, 2.05) is 60.7 Å². The molecular weight excluding hydrogens is 396 g/mol. The van der Waals surface area contributed by atoms with Crippen LogP contribution in [-0.2, 0) is 15.0 Å². The van der Waals surface area contributed by atoms with Gasteiger partial charge in [-0.15, -0.1) is 0 Å². The molecule has 0 aliphatic rings. The summed E-state index contributed by atoms with van der Waals surface area (Å²) >= 11 is 0. The summed E-state index contributed by atoms with van der Waals surface area (Å²) in [6.07, 6.45) is 3.26. The van der Waals surface area contributed by atoms with Crippen LogP contribution in [0.15, 0.2) is 113 Å². The Kier molecular flexibility index (Phi) is 6.00. The number of hydrogen-bond acceptors (Lipinski definition) is 4. The van der Waals surface area contributed by atoms with Crippen LogP contribution in [0.2, 0.25) is 0 Å². The number of benzene rings is 4. The molecule has 0 spiro atoms. The van der Waals surface area contributed by atoms with Gasteiger partial charge in [0.05, 0.1) is 11.4 Å². The topological polar surface area (TPSA) is 58.9 Å². The molecule has 0 fully saturated rings. The summed E-state index contributed by atoms with van der Waals surface area (Å²) < 4.78 is 0. The summed E-state index contributed by atoms with van der Waals surface area (Å²) in [5.41, 5.74) is 5.54. The SMILES string of the molecule is CC(c1ccccc1)(c1ccccc1)c1cc(-c2ccc(N=C=O)cc2)ccc1N=C=O. The lowest BCUT2D eigenvalue weighted by Crippen LogP contribution is -2.25. The number of carbonyl (C=O) groups excluding carboxylic acids is 2. The van der Waals surface area contributed by atoms with Crippen molar-refractivity contribution in [2.75, 3.05) is 0 Å². The Morgan fingerprint density at radius 1 is 0.625 bits per heavy atom. The number of isocyanates is 2. The maximum atomic E-state index is 11.2. The third-order valence-corrected chi connectivity index (χ3v) is 5.78. The highest BCUT2D eigenvalue weighted by atomic mass is 16.1. The Morgan fingerprint density at radius 3 is 1.69 bits per heavy atom. The largest absolute Gasteiger partial charge is 0.240 e. The van der Waals surface area contributed by atoms with Crippen molar-refractivity contribution in [1.82, 2.24) is 0 Å². The Morgan fingerprint density at radius 2 is 1.16 bits per heavy atom. The van der Waals surface area contributed by atoms with Crippen molar-refractivity contribution in [3.63, 3.8) is 0 Å². The monoisotopic (exact) mass is 416 g/mol. The Balaban J connectivity index is 1.97. The number of aliphatic imine (C=N–C) groups is 2. The Labute approximate surface area is 186 Å². The normalized spacial score (nSPS) is 10.7. The van der Waals surface area contributed by atoms with E-state index in [4.69, 9.17) is 0 Å². The molecule has 32 heavy (non-hydrogen) atoms. The number of rotatable bonds is 6. The van der Waals surface area contributed by atoms with Crippen molar-refractivity contribution in [2.24, 2.45) is 9.98 Å². The van der Waals surface area contributed by atoms with Gasteiger partial charge in [0.1, 0.15) is 0 Å². The maximum Gasteiger partial charge on any atom is 0.240 e. The molecule has 4 heteroatoms. The van der Waals surface area contributed by atoms with E-state index >= 15 is 0 Å². The van der Waals surface area contributed by atoms with Crippen molar-refractivity contribution in [3.05, 3.63) is 120 Å². The van der Waals surface area contributed by atoms with E-state index in [0.717, 1.165) is 27.8 Å². The molecular formula is C28H20N2O2. The lowest BCUT2D eigenvalue weighted by atomic mass is 9.70. The van der Waals surface area contributed by atoms with Crippen LogP contribution in [0.4, 0.5) is 11.4 Å². The van der Waals surface area contributed by atoms with Gasteiger partial charge in [-0.05, 0) is 59.0 Å². The van der Waals surface area contributed by atoms with Crippen LogP contribution < -0.4 is 0 Å². The fourth-order valence-corrected chi connectivity index (χ4v) is 4.06. The second kappa shape index (κ2) is 9.20. The second-order valence-electron chi connectivity index (χ2n) is 7.54. The molecule has 0 bridgehead atoms. The molecule has 0 aliphatic heterocycles. The quantitative estimate of drug-likeness (QED) is 0.201. The molecule has 0 radical (unpaired) electrons. The fraction of sp³-hybridized carbons (Fsp3) is 0.0714. The predicted octanol–water partition coefficient (Wildman–Crippen LogP) is 6.64. The van der Waals surface area contributed by atoms with Gasteiger partial charge in [-0.2, -0.15) is 9.98 Å². The average Bonchev–Trinajstić information content (AvgIpc) is 2.86. The number of nitrogens with zero attached hydrogens (tertiary/aromatic N) is 2. The first-order valence-corrected chi connectivity index (χ1v) is 10.2. The van der Waals surface area contributed by atoms with E-state index in [2.05, 4.69) is 47.2 Å². The molecule has 4 aromatic rings. The first-order valence-electron chi connectivity index (χ1n) is 10.2. The third kappa shape index (κ3) is 3.97. The molecule has 0 aliphatic carbocycles. The first kappa shape index (κ1) is 20.9. The van der Waals surface area contributed by atoms with Gasteiger partial charge >= 0.3 is 0 Å². The van der Waals surface area contributed by atoms with Gasteiger partial charge in [-0.25, -0.2) is 9.59 Å². The van der Waals surface area contributed by atoms with Crippen molar-refractivity contribution in [2.45, 2.75) is 12.3 Å². The molecule has 0 heterocycles. The zero-order chi connectivity index (χ0) is 22.4. The van der Waals surface area contributed by atoms with E-state index in [9.17, 15) is 9.59 Å². The third-order valence-electron chi connectivity index (χ3n) is 5.78. The van der Waals surface area contributed by atoms with Gasteiger partial charge < -0.3 is 0 Å². The van der Waals surface area contributed by atoms with Gasteiger partial charge in [0.25, 0.3) is 0 Å². The van der Waals surface area contributed by atoms with Gasteiger partial charge in [-0.3, -0.25) is 0 Å². The van der Waals surface area contributed by atoms with Crippen LogP contribution in [0.5, 0.6) is 0 Å². The molecule has 0 aromatic heterocycles. The van der Waals surface area contributed by atoms with Crippen LogP contribution in [0, 0.1) is 0 Å². The molecule has 0 amide bonds. The van der Waals surface area contributed by atoms with E-state index in [1.54, 1.807) is 24.3 Å². The minimum atomic E-state index is -0.560. The standard InChI is InChI=1S/C28H20N2O2/c1-28(23-8-4-2-5-9-23,24-10-6-3-7-11-24)26-18-22(14-17-27(26)30-20-32)21-12-15-25(16-13-21)29-19-31/h2-18H,1H3. The minimum absolute atomic E-state index is 0.546. The van der Waals surface area contributed by atoms with E-state index in [1.165, 1.54) is 0 Å². The van der Waals surface area contributed by atoms with Gasteiger partial charge in [0, 0.05) is 5.41 Å². The van der Waals surface area contributed by atoms with Crippen molar-refractivity contribution >= 4 is 23.5 Å². The van der Waals surface area contributed by atoms with Gasteiger partial charge in [0.15, 0.2) is 0 Å². The van der Waals surface area contributed by atoms with E-state index in [0.29, 0.717) is 11.4 Å². The molecule has 0 N–H and O–H groups in total. The van der Waals surface area contributed by atoms with Crippen LogP contribution in [-0.4, -0.2) is 12.2 Å². The average molecular weight is 416 g/mol. The van der Waals surface area contributed by atoms with Crippen molar-refractivity contribution < 1.29 is 9.59 Å². The molecule has 0 unspecified atom stereocenters. The summed E-state index contributed by atoms with van der Waals surface area (Å²) in [4.78, 5) is 29.5. The summed E-state index contributed by atoms with van der Waals surface area (Å²) in [7, 11) is 0. The molecule has 154 valence electrons. The number of hydrogen-bond donors (Lipinski definition) is 0. The van der Waals surface area contributed by atoms with Crippen LogP contribution in [0.3, 0.4) is 0 Å². The minimum Gasteiger partial charge on any atom is -0.211 e. The van der Waals surface area contributed by atoms with Gasteiger partial charge in [0.2, 0.25) is 12.2 Å².